The summed E-state index contributed by atoms with van der Waals surface area (Å²) in [5.74, 6) is 0.241. The van der Waals surface area contributed by atoms with E-state index < -0.39 is 10.0 Å². The van der Waals surface area contributed by atoms with Crippen LogP contribution in [0.5, 0.6) is 0 Å². The predicted molar refractivity (Wildman–Crippen MR) is 68.3 cm³/mol. The molecule has 1 aromatic rings. The van der Waals surface area contributed by atoms with E-state index in [1.54, 1.807) is 7.05 Å². The van der Waals surface area contributed by atoms with Crippen LogP contribution in [0, 0.1) is 5.92 Å². The quantitative estimate of drug-likeness (QED) is 0.850. The Morgan fingerprint density at radius 1 is 1.56 bits per heavy atom. The standard InChI is InChI=1S/C11H20N4O2S/c1-3-9-7-15(5-4-11(9)12)18(16,17)10-6-13-14(2)8-10/h6,8-9,11H,3-5,7,12H2,1-2H3. The van der Waals surface area contributed by atoms with Crippen molar-refractivity contribution in [1.29, 1.82) is 0 Å². The lowest BCUT2D eigenvalue weighted by Crippen LogP contribution is -2.48. The number of sulfonamides is 1. The summed E-state index contributed by atoms with van der Waals surface area (Å²) in [4.78, 5) is 0.260. The fourth-order valence-electron chi connectivity index (χ4n) is 2.35. The number of nitrogens with zero attached hydrogens (tertiary/aromatic N) is 3. The van der Waals surface area contributed by atoms with Crippen LogP contribution in [0.3, 0.4) is 0 Å². The first-order valence-electron chi connectivity index (χ1n) is 6.19. The number of hydrogen-bond donors (Lipinski definition) is 1. The van der Waals surface area contributed by atoms with E-state index in [1.807, 2.05) is 6.92 Å². The zero-order chi connectivity index (χ0) is 13.3. The second-order valence-electron chi connectivity index (χ2n) is 4.83. The zero-order valence-corrected chi connectivity index (χ0v) is 11.6. The average Bonchev–Trinajstić information content (AvgIpc) is 2.77. The summed E-state index contributed by atoms with van der Waals surface area (Å²) in [5.41, 5.74) is 6.00. The molecular formula is C11H20N4O2S. The van der Waals surface area contributed by atoms with Crippen LogP contribution < -0.4 is 5.73 Å². The maximum atomic E-state index is 12.4. The maximum Gasteiger partial charge on any atom is 0.246 e. The van der Waals surface area contributed by atoms with E-state index in [2.05, 4.69) is 5.10 Å². The van der Waals surface area contributed by atoms with Gasteiger partial charge in [0, 0.05) is 32.4 Å². The number of aryl methyl sites for hydroxylation is 1. The van der Waals surface area contributed by atoms with E-state index >= 15 is 0 Å². The van der Waals surface area contributed by atoms with E-state index in [1.165, 1.54) is 21.4 Å². The molecule has 18 heavy (non-hydrogen) atoms. The zero-order valence-electron chi connectivity index (χ0n) is 10.8. The summed E-state index contributed by atoms with van der Waals surface area (Å²) in [6.07, 6.45) is 4.55. The first-order chi connectivity index (χ1) is 8.45. The summed E-state index contributed by atoms with van der Waals surface area (Å²) in [5, 5.41) is 3.92. The van der Waals surface area contributed by atoms with Crippen LogP contribution in [-0.2, 0) is 17.1 Å². The molecular weight excluding hydrogens is 252 g/mol. The van der Waals surface area contributed by atoms with E-state index in [9.17, 15) is 8.42 Å². The topological polar surface area (TPSA) is 81.2 Å². The second-order valence-corrected chi connectivity index (χ2v) is 6.77. The molecule has 0 spiro atoms. The van der Waals surface area contributed by atoms with Crippen LogP contribution >= 0.6 is 0 Å². The van der Waals surface area contributed by atoms with Gasteiger partial charge >= 0.3 is 0 Å². The minimum Gasteiger partial charge on any atom is -0.327 e. The van der Waals surface area contributed by atoms with Gasteiger partial charge in [0.15, 0.2) is 0 Å². The average molecular weight is 272 g/mol. The van der Waals surface area contributed by atoms with Crippen molar-refractivity contribution in [2.24, 2.45) is 18.7 Å². The number of piperidine rings is 1. The highest BCUT2D eigenvalue weighted by Gasteiger charge is 2.33. The van der Waals surface area contributed by atoms with Crippen molar-refractivity contribution in [1.82, 2.24) is 14.1 Å². The molecule has 0 aromatic carbocycles. The monoisotopic (exact) mass is 272 g/mol. The largest absolute Gasteiger partial charge is 0.327 e. The van der Waals surface area contributed by atoms with E-state index in [4.69, 9.17) is 5.73 Å². The van der Waals surface area contributed by atoms with Crippen LogP contribution in [0.4, 0.5) is 0 Å². The molecule has 1 aromatic heterocycles. The van der Waals surface area contributed by atoms with Gasteiger partial charge in [-0.2, -0.15) is 9.40 Å². The van der Waals surface area contributed by atoms with Crippen LogP contribution in [-0.4, -0.2) is 41.6 Å². The Balaban J connectivity index is 2.21. The van der Waals surface area contributed by atoms with Crippen molar-refractivity contribution in [3.8, 4) is 0 Å². The molecule has 0 aliphatic carbocycles. The lowest BCUT2D eigenvalue weighted by atomic mass is 9.92. The SMILES string of the molecule is CCC1CN(S(=O)(=O)c2cnn(C)c2)CCC1N. The Morgan fingerprint density at radius 2 is 2.28 bits per heavy atom. The number of nitrogens with two attached hydrogens (primary N) is 1. The molecule has 6 nitrogen and oxygen atoms in total. The Hall–Kier alpha value is -0.920. The molecule has 2 heterocycles. The van der Waals surface area contributed by atoms with Crippen LogP contribution in [0.2, 0.25) is 0 Å². The molecule has 0 bridgehead atoms. The minimum absolute atomic E-state index is 0.107. The molecule has 0 radical (unpaired) electrons. The molecule has 1 fully saturated rings. The van der Waals surface area contributed by atoms with Crippen molar-refractivity contribution in [3.63, 3.8) is 0 Å². The van der Waals surface area contributed by atoms with Crippen LogP contribution in [0.15, 0.2) is 17.3 Å². The van der Waals surface area contributed by atoms with Gasteiger partial charge in [0.1, 0.15) is 4.90 Å². The van der Waals surface area contributed by atoms with Gasteiger partial charge in [0.25, 0.3) is 0 Å². The van der Waals surface area contributed by atoms with Crippen LogP contribution in [0.1, 0.15) is 19.8 Å². The smallest absolute Gasteiger partial charge is 0.246 e. The van der Waals surface area contributed by atoms with E-state index in [-0.39, 0.29) is 16.9 Å². The summed E-state index contributed by atoms with van der Waals surface area (Å²) in [7, 11) is -1.70. The molecule has 0 saturated carbocycles. The summed E-state index contributed by atoms with van der Waals surface area (Å²) in [6, 6.07) is 0.107. The molecule has 102 valence electrons. The normalized spacial score (nSPS) is 26.4. The molecule has 0 amide bonds. The summed E-state index contributed by atoms with van der Waals surface area (Å²) >= 11 is 0. The number of aromatic nitrogens is 2. The van der Waals surface area contributed by atoms with Crippen molar-refractivity contribution in [2.45, 2.75) is 30.7 Å². The molecule has 7 heteroatoms. The van der Waals surface area contributed by atoms with Gasteiger partial charge in [-0.1, -0.05) is 13.3 Å². The summed E-state index contributed by atoms with van der Waals surface area (Å²) < 4.78 is 27.8. The predicted octanol–water partition coefficient (Wildman–Crippen LogP) is 0.168. The fourth-order valence-corrected chi connectivity index (χ4v) is 3.85. The number of rotatable bonds is 3. The van der Waals surface area contributed by atoms with Gasteiger partial charge in [-0.3, -0.25) is 4.68 Å². The molecule has 2 atom stereocenters. The first-order valence-corrected chi connectivity index (χ1v) is 7.63. The second kappa shape index (κ2) is 4.99. The Morgan fingerprint density at radius 3 is 2.83 bits per heavy atom. The van der Waals surface area contributed by atoms with Crippen molar-refractivity contribution < 1.29 is 8.42 Å². The minimum atomic E-state index is -3.41. The maximum absolute atomic E-state index is 12.4. The van der Waals surface area contributed by atoms with Gasteiger partial charge in [-0.05, 0) is 12.3 Å². The molecule has 2 N–H and O–H groups in total. The molecule has 1 aliphatic rings. The van der Waals surface area contributed by atoms with Crippen molar-refractivity contribution in [2.75, 3.05) is 13.1 Å². The lowest BCUT2D eigenvalue weighted by molar-refractivity contribution is 0.230. The van der Waals surface area contributed by atoms with Crippen molar-refractivity contribution >= 4 is 10.0 Å². The van der Waals surface area contributed by atoms with Crippen molar-refractivity contribution in [3.05, 3.63) is 12.4 Å². The van der Waals surface area contributed by atoms with Gasteiger partial charge < -0.3 is 5.73 Å². The highest BCUT2D eigenvalue weighted by atomic mass is 32.2. The first kappa shape index (κ1) is 13.5. The highest BCUT2D eigenvalue weighted by Crippen LogP contribution is 2.24. The Labute approximate surface area is 108 Å². The number of hydrogen-bond acceptors (Lipinski definition) is 4. The van der Waals surface area contributed by atoms with Gasteiger partial charge in [0.2, 0.25) is 10.0 Å². The third-order valence-electron chi connectivity index (χ3n) is 3.60. The van der Waals surface area contributed by atoms with Gasteiger partial charge in [-0.25, -0.2) is 8.42 Å². The third kappa shape index (κ3) is 2.43. The fraction of sp³-hybridized carbons (Fsp3) is 0.727. The lowest BCUT2D eigenvalue weighted by Gasteiger charge is -2.35. The van der Waals surface area contributed by atoms with E-state index in [0.717, 1.165) is 12.8 Å². The molecule has 1 saturated heterocycles. The molecule has 1 aliphatic heterocycles. The van der Waals surface area contributed by atoms with Gasteiger partial charge in [-0.15, -0.1) is 0 Å². The van der Waals surface area contributed by atoms with Gasteiger partial charge in [0.05, 0.1) is 6.20 Å². The highest BCUT2D eigenvalue weighted by molar-refractivity contribution is 7.89. The molecule has 2 unspecified atom stereocenters. The Kier molecular flexibility index (Phi) is 3.74. The van der Waals surface area contributed by atoms with Crippen LogP contribution in [0.25, 0.3) is 0 Å². The van der Waals surface area contributed by atoms with E-state index in [0.29, 0.717) is 13.1 Å². The molecule has 2 rings (SSSR count). The third-order valence-corrected chi connectivity index (χ3v) is 5.42. The Bertz CT molecular complexity index is 511. The summed E-state index contributed by atoms with van der Waals surface area (Å²) in [6.45, 7) is 3.05.